The number of nitrogens with zero attached hydrogens (tertiary/aromatic N) is 1. The number of anilines is 2. The van der Waals surface area contributed by atoms with E-state index in [1.807, 2.05) is 0 Å². The average molecular weight is 338 g/mol. The van der Waals surface area contributed by atoms with Crippen LogP contribution in [0.25, 0.3) is 0 Å². The molecule has 10 heteroatoms. The number of nitrogens with two attached hydrogens (primary N) is 1. The predicted octanol–water partition coefficient (Wildman–Crippen LogP) is 0.505. The molecule has 0 heterocycles. The molecule has 0 aliphatic heterocycles. The average Bonchev–Trinajstić information content (AvgIpc) is 2.31. The number of hydrogen-bond donors (Lipinski definition) is 3. The minimum Gasteiger partial charge on any atom is -0.399 e. The van der Waals surface area contributed by atoms with Crippen LogP contribution < -0.4 is 10.6 Å². The zero-order chi connectivity index (χ0) is 16.4. The van der Waals surface area contributed by atoms with Crippen LogP contribution in [0.1, 0.15) is 12.5 Å². The highest BCUT2D eigenvalue weighted by atomic mass is 32.3. The van der Waals surface area contributed by atoms with Gasteiger partial charge >= 0.3 is 0 Å². The lowest BCUT2D eigenvalue weighted by molar-refractivity contribution is 0.454. The summed E-state index contributed by atoms with van der Waals surface area (Å²) in [5.41, 5.74) is 7.48. The predicted molar refractivity (Wildman–Crippen MR) is 80.4 cm³/mol. The quantitative estimate of drug-likeness (QED) is 0.503. The Morgan fingerprint density at radius 1 is 1.19 bits per heavy atom. The van der Waals surface area contributed by atoms with E-state index in [1.54, 1.807) is 32.0 Å². The third kappa shape index (κ3) is 4.56. The first kappa shape index (κ1) is 17.7. The van der Waals surface area contributed by atoms with E-state index in [0.717, 1.165) is 5.56 Å². The molecule has 1 rings (SSSR count). The van der Waals surface area contributed by atoms with Gasteiger partial charge in [-0.3, -0.25) is 9.11 Å². The number of aryl methyl sites for hydroxylation is 1. The van der Waals surface area contributed by atoms with Gasteiger partial charge in [0.1, 0.15) is 0 Å². The normalized spacial score (nSPS) is 12.6. The molecule has 0 aliphatic carbocycles. The third-order valence-corrected chi connectivity index (χ3v) is 6.12. The van der Waals surface area contributed by atoms with Crippen molar-refractivity contribution >= 4 is 31.6 Å². The van der Waals surface area contributed by atoms with Gasteiger partial charge in [-0.15, -0.1) is 0 Å². The molecule has 4 N–H and O–H groups in total. The summed E-state index contributed by atoms with van der Waals surface area (Å²) in [7, 11) is -9.92. The minimum atomic E-state index is -4.96. The highest BCUT2D eigenvalue weighted by molar-refractivity contribution is 8.04. The van der Waals surface area contributed by atoms with Crippen LogP contribution in [0, 0.1) is 6.92 Å². The van der Waals surface area contributed by atoms with Crippen molar-refractivity contribution in [3.05, 3.63) is 23.8 Å². The molecule has 0 spiro atoms. The first-order valence-electron chi connectivity index (χ1n) is 6.00. The van der Waals surface area contributed by atoms with E-state index in [2.05, 4.69) is 0 Å². The first-order chi connectivity index (χ1) is 9.46. The molecular weight excluding hydrogens is 320 g/mol. The summed E-state index contributed by atoms with van der Waals surface area (Å²) in [6.45, 7) is 3.09. The summed E-state index contributed by atoms with van der Waals surface area (Å²) in [4.78, 5) is 1.40. The Morgan fingerprint density at radius 3 is 2.10 bits per heavy atom. The van der Waals surface area contributed by atoms with Gasteiger partial charge in [-0.25, -0.2) is 0 Å². The van der Waals surface area contributed by atoms with Gasteiger partial charge in [-0.2, -0.15) is 16.8 Å². The lowest BCUT2D eigenvalue weighted by atomic mass is 10.1. The maximum Gasteiger partial charge on any atom is 0.286 e. The van der Waals surface area contributed by atoms with Crippen LogP contribution in [0.3, 0.4) is 0 Å². The topological polar surface area (TPSA) is 138 Å². The summed E-state index contributed by atoms with van der Waals surface area (Å²) in [5.74, 6) is 0. The van der Waals surface area contributed by atoms with Crippen LogP contribution in [0.4, 0.5) is 11.4 Å². The highest BCUT2D eigenvalue weighted by Crippen LogP contribution is 2.22. The van der Waals surface area contributed by atoms with Crippen molar-refractivity contribution in [3.63, 3.8) is 0 Å². The lowest BCUT2D eigenvalue weighted by Crippen LogP contribution is -2.41. The second kappa shape index (κ2) is 6.18. The molecule has 0 aliphatic rings. The molecule has 0 unspecified atom stereocenters. The van der Waals surface area contributed by atoms with Gasteiger partial charge in [-0.1, -0.05) is 0 Å². The molecule has 120 valence electrons. The molecule has 0 aromatic heterocycles. The maximum atomic E-state index is 11.2. The van der Waals surface area contributed by atoms with Crippen LogP contribution in [-0.4, -0.2) is 43.6 Å². The van der Waals surface area contributed by atoms with Crippen molar-refractivity contribution in [2.45, 2.75) is 18.4 Å². The zero-order valence-electron chi connectivity index (χ0n) is 11.6. The van der Waals surface area contributed by atoms with Crippen LogP contribution in [-0.2, 0) is 20.2 Å². The standard InChI is InChI=1S/C11H18N2O6S2/c1-3-13(9-4-5-10(12)8(2)6-9)7-11(20(14,15)16)21(17,18)19/h4-6,11H,3,7,12H2,1-2H3,(H,14,15,16)(H,17,18,19). The highest BCUT2D eigenvalue weighted by Gasteiger charge is 2.37. The third-order valence-electron chi connectivity index (χ3n) is 3.03. The maximum absolute atomic E-state index is 11.2. The largest absolute Gasteiger partial charge is 0.399 e. The fourth-order valence-corrected chi connectivity index (χ4v) is 3.76. The molecule has 0 radical (unpaired) electrons. The number of hydrogen-bond acceptors (Lipinski definition) is 6. The summed E-state index contributed by atoms with van der Waals surface area (Å²) < 4.78 is 60.3. The van der Waals surface area contributed by atoms with Gasteiger partial charge in [0.25, 0.3) is 20.2 Å². The van der Waals surface area contributed by atoms with Gasteiger partial charge in [0.05, 0.1) is 6.54 Å². The molecule has 0 saturated carbocycles. The molecule has 0 amide bonds. The zero-order valence-corrected chi connectivity index (χ0v) is 13.2. The van der Waals surface area contributed by atoms with Gasteiger partial charge in [0.15, 0.2) is 0 Å². The van der Waals surface area contributed by atoms with Crippen molar-refractivity contribution in [2.75, 3.05) is 23.7 Å². The SMILES string of the molecule is CCN(CC(S(=O)(=O)O)S(=O)(=O)O)c1ccc(N)c(C)c1. The monoisotopic (exact) mass is 338 g/mol. The smallest absolute Gasteiger partial charge is 0.286 e. The van der Waals surface area contributed by atoms with E-state index in [9.17, 15) is 16.8 Å². The molecular formula is C11H18N2O6S2. The van der Waals surface area contributed by atoms with Gasteiger partial charge in [0, 0.05) is 17.9 Å². The Bertz CT molecular complexity index is 682. The molecule has 0 fully saturated rings. The minimum absolute atomic E-state index is 0.269. The Kier molecular flexibility index (Phi) is 5.20. The van der Waals surface area contributed by atoms with Crippen molar-refractivity contribution in [1.29, 1.82) is 0 Å². The summed E-state index contributed by atoms with van der Waals surface area (Å²) >= 11 is 0. The van der Waals surface area contributed by atoms with Crippen molar-refractivity contribution in [1.82, 2.24) is 0 Å². The lowest BCUT2D eigenvalue weighted by Gasteiger charge is -2.26. The second-order valence-electron chi connectivity index (χ2n) is 4.54. The van der Waals surface area contributed by atoms with E-state index < -0.39 is 31.4 Å². The number of benzene rings is 1. The van der Waals surface area contributed by atoms with E-state index >= 15 is 0 Å². The van der Waals surface area contributed by atoms with Crippen LogP contribution in [0.15, 0.2) is 18.2 Å². The fourth-order valence-electron chi connectivity index (χ4n) is 1.80. The van der Waals surface area contributed by atoms with Gasteiger partial charge in [-0.05, 0) is 37.6 Å². The van der Waals surface area contributed by atoms with Crippen molar-refractivity contribution < 1.29 is 25.9 Å². The molecule has 0 saturated heterocycles. The molecule has 1 aromatic carbocycles. The molecule has 21 heavy (non-hydrogen) atoms. The van der Waals surface area contributed by atoms with E-state index in [0.29, 0.717) is 11.4 Å². The molecule has 8 nitrogen and oxygen atoms in total. The van der Waals surface area contributed by atoms with E-state index in [1.165, 1.54) is 4.90 Å². The molecule has 0 atom stereocenters. The Labute approximate surface area is 124 Å². The van der Waals surface area contributed by atoms with E-state index in [4.69, 9.17) is 14.8 Å². The second-order valence-corrected chi connectivity index (χ2v) is 8.04. The summed E-state index contributed by atoms with van der Waals surface area (Å²) in [5, 5.41) is 0. The molecule has 0 bridgehead atoms. The molecule has 1 aromatic rings. The Hall–Kier alpha value is -1.36. The number of nitrogen functional groups attached to an aromatic ring is 1. The summed E-state index contributed by atoms with van der Waals surface area (Å²) in [6, 6.07) is 4.85. The summed E-state index contributed by atoms with van der Waals surface area (Å²) in [6.07, 6.45) is 0. The van der Waals surface area contributed by atoms with Crippen LogP contribution in [0.2, 0.25) is 0 Å². The van der Waals surface area contributed by atoms with E-state index in [-0.39, 0.29) is 6.54 Å². The van der Waals surface area contributed by atoms with Crippen LogP contribution in [0.5, 0.6) is 0 Å². The fraction of sp³-hybridized carbons (Fsp3) is 0.455. The Balaban J connectivity index is 3.18. The van der Waals surface area contributed by atoms with Gasteiger partial charge in [0.2, 0.25) is 4.58 Å². The Morgan fingerprint density at radius 2 is 1.71 bits per heavy atom. The van der Waals surface area contributed by atoms with Gasteiger partial charge < -0.3 is 10.6 Å². The number of rotatable bonds is 6. The van der Waals surface area contributed by atoms with Crippen LogP contribution >= 0.6 is 0 Å². The first-order valence-corrected chi connectivity index (χ1v) is 9.01. The van der Waals surface area contributed by atoms with Crippen molar-refractivity contribution in [3.8, 4) is 0 Å². The van der Waals surface area contributed by atoms with Crippen molar-refractivity contribution in [2.24, 2.45) is 0 Å².